The van der Waals surface area contributed by atoms with Crippen LogP contribution in [0.5, 0.6) is 17.2 Å². The highest BCUT2D eigenvalue weighted by atomic mass is 127. The van der Waals surface area contributed by atoms with E-state index < -0.39 is 0 Å². The van der Waals surface area contributed by atoms with Crippen LogP contribution in [-0.2, 0) is 17.8 Å². The van der Waals surface area contributed by atoms with Crippen molar-refractivity contribution in [1.29, 1.82) is 0 Å². The predicted octanol–water partition coefficient (Wildman–Crippen LogP) is 6.90. The number of thioether (sulfide) groups is 1. The maximum Gasteiger partial charge on any atom is 0.264 e. The molecule has 1 heterocycles. The highest BCUT2D eigenvalue weighted by Gasteiger charge is 2.24. The van der Waals surface area contributed by atoms with Crippen molar-refractivity contribution >= 4 is 57.2 Å². The molecule has 1 aliphatic rings. The first-order chi connectivity index (χ1) is 18.0. The molecule has 4 rings (SSSR count). The van der Waals surface area contributed by atoms with Gasteiger partial charge in [-0.2, -0.15) is 0 Å². The van der Waals surface area contributed by atoms with Gasteiger partial charge in [0.25, 0.3) is 5.91 Å². The molecule has 0 atom stereocenters. The average Bonchev–Trinajstić information content (AvgIpc) is 3.23. The molecule has 37 heavy (non-hydrogen) atoms. The first-order valence-electron chi connectivity index (χ1n) is 11.7. The van der Waals surface area contributed by atoms with Gasteiger partial charge in [-0.3, -0.25) is 4.79 Å². The first kappa shape index (κ1) is 26.8. The number of hydrogen-bond donors (Lipinski definition) is 1. The molecule has 0 aromatic heterocycles. The van der Waals surface area contributed by atoms with Crippen molar-refractivity contribution in [3.05, 3.63) is 98.5 Å². The van der Waals surface area contributed by atoms with E-state index in [9.17, 15) is 4.79 Å². The lowest BCUT2D eigenvalue weighted by Crippen LogP contribution is -2.19. The molecule has 1 saturated heterocycles. The summed E-state index contributed by atoms with van der Waals surface area (Å²) in [5.41, 5.74) is 3.58. The Balaban J connectivity index is 1.59. The Morgan fingerprint density at radius 3 is 2.51 bits per heavy atom. The largest absolute Gasteiger partial charge is 0.497 e. The smallest absolute Gasteiger partial charge is 0.264 e. The summed E-state index contributed by atoms with van der Waals surface area (Å²) in [6.45, 7) is 6.74. The molecule has 0 radical (unpaired) electrons. The molecule has 0 aliphatic carbocycles. The van der Waals surface area contributed by atoms with Crippen LogP contribution in [0.15, 0.2) is 83.2 Å². The Kier molecular flexibility index (Phi) is 9.29. The molecule has 6 nitrogen and oxygen atoms in total. The maximum atomic E-state index is 12.7. The van der Waals surface area contributed by atoms with E-state index in [1.807, 2.05) is 55.5 Å². The lowest BCUT2D eigenvalue weighted by atomic mass is 10.0. The van der Waals surface area contributed by atoms with Gasteiger partial charge in [-0.1, -0.05) is 18.2 Å². The summed E-state index contributed by atoms with van der Waals surface area (Å²) in [5.74, 6) is 1.88. The first-order valence-corrected chi connectivity index (χ1v) is 13.6. The van der Waals surface area contributed by atoms with Crippen LogP contribution in [0, 0.1) is 3.57 Å². The molecule has 3 aromatic carbocycles. The number of benzene rings is 3. The van der Waals surface area contributed by atoms with Crippen molar-refractivity contribution < 1.29 is 19.0 Å². The number of carbonyl (C=O) groups excluding carboxylic acids is 1. The third-order valence-electron chi connectivity index (χ3n) is 5.37. The lowest BCUT2D eigenvalue weighted by Gasteiger charge is -2.17. The standard InChI is InChI=1S/C29H27IN2O4S/c1-4-6-21-15-20(16-25(35-5-2)27(21)36-18-19-7-9-22(30)10-8-19)17-26-28(33)32-29(37-26)31-23-11-13-24(34-3)14-12-23/h4,7-17H,1,5-6,18H2,2-3H3,(H,31,32,33)/b26-17+. The molecular weight excluding hydrogens is 599 g/mol. The van der Waals surface area contributed by atoms with Crippen molar-refractivity contribution in [2.75, 3.05) is 13.7 Å². The highest BCUT2D eigenvalue weighted by molar-refractivity contribution is 14.1. The maximum absolute atomic E-state index is 12.7. The van der Waals surface area contributed by atoms with Crippen LogP contribution in [0.25, 0.3) is 6.08 Å². The number of halogens is 1. The quantitative estimate of drug-likeness (QED) is 0.151. The Bertz CT molecular complexity index is 1340. The van der Waals surface area contributed by atoms with E-state index in [2.05, 4.69) is 63.7 Å². The molecule has 3 aromatic rings. The second-order valence-electron chi connectivity index (χ2n) is 8.03. The van der Waals surface area contributed by atoms with Crippen LogP contribution >= 0.6 is 34.4 Å². The molecule has 190 valence electrons. The molecule has 1 N–H and O–H groups in total. The van der Waals surface area contributed by atoms with Gasteiger partial charge in [0.2, 0.25) is 0 Å². The normalized spacial score (nSPS) is 15.1. The van der Waals surface area contributed by atoms with Gasteiger partial charge in [-0.25, -0.2) is 4.99 Å². The minimum absolute atomic E-state index is 0.195. The second-order valence-corrected chi connectivity index (χ2v) is 10.3. The topological polar surface area (TPSA) is 69.2 Å². The zero-order valence-corrected chi connectivity index (χ0v) is 23.6. The molecule has 8 heteroatoms. The van der Waals surface area contributed by atoms with Gasteiger partial charge in [0.15, 0.2) is 16.7 Å². The number of aliphatic imine (C=N–C) groups is 1. The van der Waals surface area contributed by atoms with E-state index in [0.717, 1.165) is 28.1 Å². The summed E-state index contributed by atoms with van der Waals surface area (Å²) in [4.78, 5) is 17.8. The van der Waals surface area contributed by atoms with Crippen LogP contribution in [0.4, 0.5) is 5.69 Å². The third-order valence-corrected chi connectivity index (χ3v) is 7.00. The van der Waals surface area contributed by atoms with Gasteiger partial charge in [0, 0.05) is 9.13 Å². The lowest BCUT2D eigenvalue weighted by molar-refractivity contribution is -0.115. The summed E-state index contributed by atoms with van der Waals surface area (Å²) in [6.07, 6.45) is 4.27. The number of rotatable bonds is 10. The van der Waals surface area contributed by atoms with Crippen molar-refractivity contribution in [3.8, 4) is 17.2 Å². The van der Waals surface area contributed by atoms with E-state index in [4.69, 9.17) is 14.2 Å². The monoisotopic (exact) mass is 626 g/mol. The van der Waals surface area contributed by atoms with Gasteiger partial charge in [0.05, 0.1) is 24.3 Å². The zero-order chi connectivity index (χ0) is 26.2. The Morgan fingerprint density at radius 2 is 1.84 bits per heavy atom. The van der Waals surface area contributed by atoms with Gasteiger partial charge in [-0.15, -0.1) is 6.58 Å². The molecule has 0 unspecified atom stereocenters. The summed E-state index contributed by atoms with van der Waals surface area (Å²) < 4.78 is 18.5. The minimum Gasteiger partial charge on any atom is -0.497 e. The van der Waals surface area contributed by atoms with Crippen molar-refractivity contribution in [1.82, 2.24) is 5.32 Å². The van der Waals surface area contributed by atoms with Crippen molar-refractivity contribution in [2.45, 2.75) is 20.0 Å². The molecule has 1 fully saturated rings. The average molecular weight is 627 g/mol. The number of amides is 1. The number of amidine groups is 1. The third kappa shape index (κ3) is 7.17. The number of hydrogen-bond acceptors (Lipinski definition) is 6. The van der Waals surface area contributed by atoms with E-state index in [1.165, 1.54) is 15.3 Å². The number of ether oxygens (including phenoxy) is 3. The fourth-order valence-corrected chi connectivity index (χ4v) is 4.84. The van der Waals surface area contributed by atoms with E-state index >= 15 is 0 Å². The molecule has 1 aliphatic heterocycles. The van der Waals surface area contributed by atoms with Crippen molar-refractivity contribution in [3.63, 3.8) is 0 Å². The highest BCUT2D eigenvalue weighted by Crippen LogP contribution is 2.37. The Labute approximate surface area is 235 Å². The zero-order valence-electron chi connectivity index (χ0n) is 20.6. The minimum atomic E-state index is -0.195. The van der Waals surface area contributed by atoms with Crippen LogP contribution in [0.2, 0.25) is 0 Å². The number of nitrogens with zero attached hydrogens (tertiary/aromatic N) is 1. The van der Waals surface area contributed by atoms with E-state index in [0.29, 0.717) is 41.2 Å². The molecule has 0 saturated carbocycles. The van der Waals surface area contributed by atoms with Gasteiger partial charge in [-0.05, 0) is 113 Å². The van der Waals surface area contributed by atoms with Crippen LogP contribution in [0.1, 0.15) is 23.6 Å². The summed E-state index contributed by atoms with van der Waals surface area (Å²) in [7, 11) is 1.62. The molecule has 0 spiro atoms. The number of nitrogens with one attached hydrogen (secondary N) is 1. The SMILES string of the molecule is C=CCc1cc(/C=C2/SC(=Nc3ccc(OC)cc3)NC2=O)cc(OCC)c1OCc1ccc(I)cc1. The van der Waals surface area contributed by atoms with Gasteiger partial charge in [0.1, 0.15) is 12.4 Å². The Morgan fingerprint density at radius 1 is 1.08 bits per heavy atom. The fraction of sp³-hybridized carbons (Fsp3) is 0.172. The van der Waals surface area contributed by atoms with Crippen molar-refractivity contribution in [2.24, 2.45) is 4.99 Å². The molecule has 1 amide bonds. The van der Waals surface area contributed by atoms with Crippen LogP contribution in [-0.4, -0.2) is 24.8 Å². The van der Waals surface area contributed by atoms with Gasteiger partial charge >= 0.3 is 0 Å². The van der Waals surface area contributed by atoms with Gasteiger partial charge < -0.3 is 19.5 Å². The summed E-state index contributed by atoms with van der Waals surface area (Å²) in [5, 5.41) is 3.36. The van der Waals surface area contributed by atoms with E-state index in [-0.39, 0.29) is 5.91 Å². The second kappa shape index (κ2) is 12.8. The Hall–Kier alpha value is -3.24. The fourth-order valence-electron chi connectivity index (χ4n) is 3.64. The number of carbonyl (C=O) groups is 1. The molecular formula is C29H27IN2O4S. The number of methoxy groups -OCH3 is 1. The van der Waals surface area contributed by atoms with Crippen LogP contribution in [0.3, 0.4) is 0 Å². The van der Waals surface area contributed by atoms with Crippen LogP contribution < -0.4 is 19.5 Å². The predicted molar refractivity (Wildman–Crippen MR) is 159 cm³/mol. The molecule has 0 bridgehead atoms. The number of allylic oxidation sites excluding steroid dienone is 1. The summed E-state index contributed by atoms with van der Waals surface area (Å²) >= 11 is 3.58. The summed E-state index contributed by atoms with van der Waals surface area (Å²) in [6, 6.07) is 19.5. The van der Waals surface area contributed by atoms with E-state index in [1.54, 1.807) is 7.11 Å².